The van der Waals surface area contributed by atoms with Crippen molar-refractivity contribution in [2.75, 3.05) is 78.8 Å². The Balaban J connectivity index is 1.45. The van der Waals surface area contributed by atoms with Crippen molar-refractivity contribution in [1.82, 2.24) is 0 Å². The largest absolute Gasteiger partial charge is 0.370 e. The first kappa shape index (κ1) is 21.1. The molecule has 2 aliphatic rings. The molecule has 4 heteroatoms. The predicted molar refractivity (Wildman–Crippen MR) is 105 cm³/mol. The summed E-state index contributed by atoms with van der Waals surface area (Å²) in [5.41, 5.74) is 0. The molecule has 0 aromatic carbocycles. The van der Waals surface area contributed by atoms with Gasteiger partial charge in [0.1, 0.15) is 26.2 Å². The summed E-state index contributed by atoms with van der Waals surface area (Å²) in [6, 6.07) is 0. The van der Waals surface area contributed by atoms with Crippen LogP contribution in [-0.4, -0.2) is 87.8 Å². The van der Waals surface area contributed by atoms with Crippen LogP contribution in [0.1, 0.15) is 58.8 Å². The molecule has 2 fully saturated rings. The van der Waals surface area contributed by atoms with Crippen molar-refractivity contribution in [3.8, 4) is 0 Å². The number of morpholine rings is 2. The molecular formula is C21H44N2O2+2. The van der Waals surface area contributed by atoms with Crippen molar-refractivity contribution in [2.24, 2.45) is 0 Å². The summed E-state index contributed by atoms with van der Waals surface area (Å²) in [6.45, 7) is 18.8. The van der Waals surface area contributed by atoms with Gasteiger partial charge in [-0.25, -0.2) is 0 Å². The molecule has 0 amide bonds. The monoisotopic (exact) mass is 356 g/mol. The zero-order valence-corrected chi connectivity index (χ0v) is 17.1. The number of rotatable bonds is 12. The Bertz CT molecular complexity index is 305. The second-order valence-corrected chi connectivity index (χ2v) is 8.36. The molecule has 2 saturated heterocycles. The van der Waals surface area contributed by atoms with Crippen LogP contribution < -0.4 is 0 Å². The first-order valence-corrected chi connectivity index (χ1v) is 11.1. The summed E-state index contributed by atoms with van der Waals surface area (Å²) >= 11 is 0. The van der Waals surface area contributed by atoms with Crippen molar-refractivity contribution in [1.29, 1.82) is 0 Å². The molecule has 148 valence electrons. The number of ether oxygens (including phenoxy) is 2. The van der Waals surface area contributed by atoms with E-state index < -0.39 is 0 Å². The van der Waals surface area contributed by atoms with Crippen molar-refractivity contribution >= 4 is 0 Å². The van der Waals surface area contributed by atoms with Gasteiger partial charge in [-0.05, 0) is 39.5 Å². The van der Waals surface area contributed by atoms with Crippen LogP contribution in [0.2, 0.25) is 0 Å². The molecule has 2 aliphatic heterocycles. The minimum Gasteiger partial charge on any atom is -0.370 e. The highest BCUT2D eigenvalue weighted by molar-refractivity contribution is 4.53. The third kappa shape index (κ3) is 7.16. The van der Waals surface area contributed by atoms with Gasteiger partial charge < -0.3 is 18.4 Å². The number of hydrogen-bond donors (Lipinski definition) is 0. The molecule has 0 atom stereocenters. The van der Waals surface area contributed by atoms with Crippen LogP contribution in [0.3, 0.4) is 0 Å². The first-order valence-electron chi connectivity index (χ1n) is 11.1. The van der Waals surface area contributed by atoms with Crippen LogP contribution in [0.15, 0.2) is 0 Å². The Kier molecular flexibility index (Phi) is 9.75. The van der Waals surface area contributed by atoms with Gasteiger partial charge in [-0.1, -0.05) is 19.3 Å². The van der Waals surface area contributed by atoms with Crippen LogP contribution in [-0.2, 0) is 9.47 Å². The molecule has 0 aromatic rings. The molecule has 2 rings (SSSR count). The van der Waals surface area contributed by atoms with Crippen molar-refractivity contribution in [3.05, 3.63) is 0 Å². The number of quaternary nitrogens is 2. The molecule has 0 spiro atoms. The lowest BCUT2D eigenvalue weighted by Crippen LogP contribution is -2.55. The summed E-state index contributed by atoms with van der Waals surface area (Å²) < 4.78 is 13.7. The van der Waals surface area contributed by atoms with Gasteiger partial charge in [0.25, 0.3) is 0 Å². The minimum absolute atomic E-state index is 0.970. The van der Waals surface area contributed by atoms with E-state index in [2.05, 4.69) is 13.8 Å². The third-order valence-corrected chi connectivity index (χ3v) is 6.95. The van der Waals surface area contributed by atoms with E-state index in [1.807, 2.05) is 0 Å². The zero-order valence-electron chi connectivity index (χ0n) is 17.1. The zero-order chi connectivity index (χ0) is 17.8. The van der Waals surface area contributed by atoms with E-state index in [4.69, 9.17) is 9.47 Å². The average molecular weight is 357 g/mol. The van der Waals surface area contributed by atoms with E-state index in [1.54, 1.807) is 0 Å². The Labute approximate surface area is 156 Å². The number of unbranched alkanes of at least 4 members (excludes halogenated alkanes) is 6. The topological polar surface area (TPSA) is 18.5 Å². The maximum absolute atomic E-state index is 5.54. The normalized spacial score (nSPS) is 22.8. The molecule has 0 radical (unpaired) electrons. The minimum atomic E-state index is 0.970. The molecule has 0 aromatic heterocycles. The summed E-state index contributed by atoms with van der Waals surface area (Å²) in [7, 11) is 0. The lowest BCUT2D eigenvalue weighted by molar-refractivity contribution is -0.933. The van der Waals surface area contributed by atoms with Gasteiger partial charge in [0.05, 0.1) is 52.6 Å². The molecule has 4 nitrogen and oxygen atoms in total. The Hall–Kier alpha value is -0.160. The first-order chi connectivity index (χ1) is 12.2. The summed E-state index contributed by atoms with van der Waals surface area (Å²) in [5, 5.41) is 0. The van der Waals surface area contributed by atoms with E-state index in [0.717, 1.165) is 26.4 Å². The van der Waals surface area contributed by atoms with Crippen LogP contribution in [0.4, 0.5) is 0 Å². The highest BCUT2D eigenvalue weighted by atomic mass is 16.5. The van der Waals surface area contributed by atoms with Gasteiger partial charge >= 0.3 is 0 Å². The molecule has 0 N–H and O–H groups in total. The van der Waals surface area contributed by atoms with Crippen molar-refractivity contribution < 1.29 is 18.4 Å². The highest BCUT2D eigenvalue weighted by Crippen LogP contribution is 2.17. The summed E-state index contributed by atoms with van der Waals surface area (Å²) in [6.07, 6.45) is 9.96. The lowest BCUT2D eigenvalue weighted by atomic mass is 10.1. The number of likely N-dealkylation sites (N-methyl/N-ethyl adjacent to an activating group) is 2. The predicted octanol–water partition coefficient (Wildman–Crippen LogP) is 3.45. The van der Waals surface area contributed by atoms with E-state index >= 15 is 0 Å². The van der Waals surface area contributed by atoms with Crippen molar-refractivity contribution in [3.63, 3.8) is 0 Å². The second kappa shape index (κ2) is 11.5. The van der Waals surface area contributed by atoms with Crippen LogP contribution in [0.5, 0.6) is 0 Å². The van der Waals surface area contributed by atoms with Gasteiger partial charge in [0.15, 0.2) is 0 Å². The van der Waals surface area contributed by atoms with E-state index in [0.29, 0.717) is 0 Å². The number of hydrogen-bond acceptors (Lipinski definition) is 2. The highest BCUT2D eigenvalue weighted by Gasteiger charge is 2.28. The number of nitrogens with zero attached hydrogens (tertiary/aromatic N) is 2. The second-order valence-electron chi connectivity index (χ2n) is 8.36. The van der Waals surface area contributed by atoms with Crippen LogP contribution in [0.25, 0.3) is 0 Å². The SMILES string of the molecule is CC[N+]1(CCCCCCCCC[N+]2(CC)CCOCC2)CCOCC1. The van der Waals surface area contributed by atoms with E-state index in [9.17, 15) is 0 Å². The van der Waals surface area contributed by atoms with Gasteiger partial charge in [0, 0.05) is 0 Å². The molecule has 0 bridgehead atoms. The fourth-order valence-electron chi connectivity index (χ4n) is 4.63. The van der Waals surface area contributed by atoms with Gasteiger partial charge in [0.2, 0.25) is 0 Å². The average Bonchev–Trinajstić information content (AvgIpc) is 2.68. The Morgan fingerprint density at radius 3 is 1.16 bits per heavy atom. The summed E-state index contributed by atoms with van der Waals surface area (Å²) in [5.74, 6) is 0. The fraction of sp³-hybridized carbons (Fsp3) is 1.00. The molecule has 0 aliphatic carbocycles. The van der Waals surface area contributed by atoms with Crippen LogP contribution in [0, 0.1) is 0 Å². The molecular weight excluding hydrogens is 312 g/mol. The lowest BCUT2D eigenvalue weighted by Gasteiger charge is -2.40. The summed E-state index contributed by atoms with van der Waals surface area (Å²) in [4.78, 5) is 0. The third-order valence-electron chi connectivity index (χ3n) is 6.95. The Morgan fingerprint density at radius 1 is 0.520 bits per heavy atom. The maximum Gasteiger partial charge on any atom is 0.102 e. The van der Waals surface area contributed by atoms with E-state index in [1.165, 1.54) is 106 Å². The molecule has 25 heavy (non-hydrogen) atoms. The van der Waals surface area contributed by atoms with Crippen molar-refractivity contribution in [2.45, 2.75) is 58.8 Å². The molecule has 0 unspecified atom stereocenters. The van der Waals surface area contributed by atoms with Gasteiger partial charge in [-0.3, -0.25) is 0 Å². The molecule has 0 saturated carbocycles. The fourth-order valence-corrected chi connectivity index (χ4v) is 4.63. The maximum atomic E-state index is 5.54. The van der Waals surface area contributed by atoms with Gasteiger partial charge in [-0.15, -0.1) is 0 Å². The Morgan fingerprint density at radius 2 is 0.840 bits per heavy atom. The van der Waals surface area contributed by atoms with E-state index in [-0.39, 0.29) is 0 Å². The van der Waals surface area contributed by atoms with Gasteiger partial charge in [-0.2, -0.15) is 0 Å². The quantitative estimate of drug-likeness (QED) is 0.394. The molecule has 2 heterocycles. The van der Waals surface area contributed by atoms with Crippen LogP contribution >= 0.6 is 0 Å². The smallest absolute Gasteiger partial charge is 0.102 e. The standard InChI is InChI=1S/C21H44N2O2/c1-3-22(14-18-24-19-15-22)12-10-8-6-5-7-9-11-13-23(4-2)16-20-25-21-17-23/h3-21H2,1-2H3/q+2.